The van der Waals surface area contributed by atoms with Crippen LogP contribution in [0.15, 0.2) is 9.90 Å². The number of fused-ring (bicyclic) bond motifs is 1. The Balaban J connectivity index is 1.41. The number of aromatic nitrogens is 2. The molecule has 1 fully saturated rings. The first-order valence-electron chi connectivity index (χ1n) is 8.73. The number of amides is 1. The van der Waals surface area contributed by atoms with E-state index in [0.29, 0.717) is 36.6 Å². The zero-order chi connectivity index (χ0) is 18.3. The van der Waals surface area contributed by atoms with Gasteiger partial charge in [-0.1, -0.05) is 5.16 Å². The summed E-state index contributed by atoms with van der Waals surface area (Å²) >= 11 is 1.05. The Hall–Kier alpha value is -1.90. The van der Waals surface area contributed by atoms with E-state index in [4.69, 9.17) is 4.52 Å². The Labute approximate surface area is 152 Å². The van der Waals surface area contributed by atoms with Gasteiger partial charge in [0.2, 0.25) is 0 Å². The largest absolute Gasteiger partial charge is 0.434 e. The van der Waals surface area contributed by atoms with Crippen molar-refractivity contribution in [3.05, 3.63) is 33.1 Å². The third-order valence-electron chi connectivity index (χ3n) is 5.10. The summed E-state index contributed by atoms with van der Waals surface area (Å²) in [6.45, 7) is 0.984. The molecule has 0 saturated carbocycles. The van der Waals surface area contributed by atoms with E-state index in [1.807, 2.05) is 0 Å². The van der Waals surface area contributed by atoms with E-state index in [1.54, 1.807) is 4.90 Å². The molecule has 0 bridgehead atoms. The number of rotatable bonds is 2. The molecule has 2 aromatic rings. The van der Waals surface area contributed by atoms with Gasteiger partial charge >= 0.3 is 6.18 Å². The van der Waals surface area contributed by atoms with Crippen LogP contribution >= 0.6 is 11.3 Å². The molecule has 1 aliphatic carbocycles. The fourth-order valence-electron chi connectivity index (χ4n) is 3.64. The van der Waals surface area contributed by atoms with Crippen molar-refractivity contribution in [1.82, 2.24) is 15.0 Å². The first kappa shape index (κ1) is 17.5. The normalized spacial score (nSPS) is 18.8. The van der Waals surface area contributed by atoms with Crippen LogP contribution < -0.4 is 0 Å². The van der Waals surface area contributed by atoms with Crippen molar-refractivity contribution in [3.63, 3.8) is 0 Å². The number of nitrogens with zero attached hydrogens (tertiary/aromatic N) is 3. The molecule has 0 atom stereocenters. The molecule has 26 heavy (non-hydrogen) atoms. The highest BCUT2D eigenvalue weighted by atomic mass is 32.1. The minimum atomic E-state index is -4.41. The van der Waals surface area contributed by atoms with Gasteiger partial charge in [-0.25, -0.2) is 4.98 Å². The van der Waals surface area contributed by atoms with Gasteiger partial charge in [0.1, 0.15) is 5.76 Å². The Kier molecular flexibility index (Phi) is 4.50. The lowest BCUT2D eigenvalue weighted by Gasteiger charge is -2.30. The molecule has 2 aromatic heterocycles. The number of carbonyl (C=O) groups is 1. The zero-order valence-electron chi connectivity index (χ0n) is 14.0. The molecular formula is C17H18F3N3O2S. The van der Waals surface area contributed by atoms with Crippen LogP contribution in [0.25, 0.3) is 0 Å². The third-order valence-corrected chi connectivity index (χ3v) is 6.10. The van der Waals surface area contributed by atoms with Crippen LogP contribution in [0.4, 0.5) is 13.2 Å². The first-order valence-corrected chi connectivity index (χ1v) is 9.61. The molecule has 0 spiro atoms. The van der Waals surface area contributed by atoms with Crippen LogP contribution in [0, 0.1) is 0 Å². The Morgan fingerprint density at radius 2 is 1.96 bits per heavy atom. The van der Waals surface area contributed by atoms with E-state index in [2.05, 4.69) is 10.1 Å². The number of thiazole rings is 1. The Morgan fingerprint density at radius 3 is 2.65 bits per heavy atom. The van der Waals surface area contributed by atoms with Gasteiger partial charge in [0.15, 0.2) is 11.4 Å². The van der Waals surface area contributed by atoms with Gasteiger partial charge < -0.3 is 9.42 Å². The topological polar surface area (TPSA) is 59.2 Å². The summed E-state index contributed by atoms with van der Waals surface area (Å²) in [7, 11) is 0. The van der Waals surface area contributed by atoms with Crippen LogP contribution in [-0.4, -0.2) is 34.0 Å². The minimum Gasteiger partial charge on any atom is -0.360 e. The number of piperidine rings is 1. The second-order valence-corrected chi connectivity index (χ2v) is 7.66. The number of hydrogen-bond acceptors (Lipinski definition) is 5. The van der Waals surface area contributed by atoms with Crippen molar-refractivity contribution in [1.29, 1.82) is 0 Å². The maximum absolute atomic E-state index is 12.8. The molecule has 1 amide bonds. The predicted molar refractivity (Wildman–Crippen MR) is 88.1 cm³/mol. The lowest BCUT2D eigenvalue weighted by molar-refractivity contribution is -0.140. The molecule has 140 valence electrons. The molecule has 0 N–H and O–H groups in total. The molecule has 9 heteroatoms. The summed E-state index contributed by atoms with van der Waals surface area (Å²) in [5.74, 6) is 0.647. The first-order chi connectivity index (χ1) is 12.4. The van der Waals surface area contributed by atoms with E-state index >= 15 is 0 Å². The molecule has 0 radical (unpaired) electrons. The van der Waals surface area contributed by atoms with Gasteiger partial charge in [0.05, 0.1) is 5.01 Å². The molecule has 1 saturated heterocycles. The smallest absolute Gasteiger partial charge is 0.360 e. The van der Waals surface area contributed by atoms with Crippen molar-refractivity contribution in [2.24, 2.45) is 0 Å². The number of carbonyl (C=O) groups excluding carboxylic acids is 1. The fourth-order valence-corrected chi connectivity index (χ4v) is 4.64. The zero-order valence-corrected chi connectivity index (χ0v) is 14.8. The quantitative estimate of drug-likeness (QED) is 0.783. The molecule has 0 unspecified atom stereocenters. The molecule has 4 rings (SSSR count). The molecule has 0 aromatic carbocycles. The van der Waals surface area contributed by atoms with Gasteiger partial charge in [0, 0.05) is 36.4 Å². The third kappa shape index (κ3) is 3.24. The molecule has 2 aliphatic rings. The predicted octanol–water partition coefficient (Wildman–Crippen LogP) is 4.05. The van der Waals surface area contributed by atoms with Gasteiger partial charge in [0.25, 0.3) is 5.91 Å². The van der Waals surface area contributed by atoms with E-state index < -0.39 is 11.9 Å². The number of likely N-dealkylation sites (tertiary alicyclic amines) is 1. The van der Waals surface area contributed by atoms with Crippen LogP contribution in [0.5, 0.6) is 0 Å². The highest BCUT2D eigenvalue weighted by molar-refractivity contribution is 7.09. The molecule has 5 nitrogen and oxygen atoms in total. The van der Waals surface area contributed by atoms with Crippen molar-refractivity contribution < 1.29 is 22.5 Å². The Morgan fingerprint density at radius 1 is 1.23 bits per heavy atom. The van der Waals surface area contributed by atoms with Gasteiger partial charge in [-0.3, -0.25) is 4.79 Å². The SMILES string of the molecule is O=C(c1noc2c1CCCC2)N1CCC(c2nc(C(F)(F)F)cs2)CC1. The number of halogens is 3. The maximum Gasteiger partial charge on any atom is 0.434 e. The van der Waals surface area contributed by atoms with Crippen LogP contribution in [0.2, 0.25) is 0 Å². The summed E-state index contributed by atoms with van der Waals surface area (Å²) in [6, 6.07) is 0. The van der Waals surface area contributed by atoms with Crippen LogP contribution in [-0.2, 0) is 19.0 Å². The van der Waals surface area contributed by atoms with Crippen molar-refractivity contribution in [3.8, 4) is 0 Å². The highest BCUT2D eigenvalue weighted by Crippen LogP contribution is 2.36. The second kappa shape index (κ2) is 6.68. The summed E-state index contributed by atoms with van der Waals surface area (Å²) in [4.78, 5) is 18.2. The Bertz CT molecular complexity index is 807. The average molecular weight is 385 g/mol. The lowest BCUT2D eigenvalue weighted by Crippen LogP contribution is -2.38. The summed E-state index contributed by atoms with van der Waals surface area (Å²) in [6.07, 6.45) is 0.528. The lowest BCUT2D eigenvalue weighted by atomic mass is 9.94. The summed E-state index contributed by atoms with van der Waals surface area (Å²) in [5.41, 5.74) is 0.509. The van der Waals surface area contributed by atoms with E-state index in [-0.39, 0.29) is 11.8 Å². The van der Waals surface area contributed by atoms with E-state index in [0.717, 1.165) is 53.7 Å². The monoisotopic (exact) mass is 385 g/mol. The van der Waals surface area contributed by atoms with Crippen molar-refractivity contribution in [2.45, 2.75) is 50.6 Å². The van der Waals surface area contributed by atoms with Crippen LogP contribution in [0.1, 0.15) is 64.1 Å². The minimum absolute atomic E-state index is 0.0358. The fraction of sp³-hybridized carbons (Fsp3) is 0.588. The average Bonchev–Trinajstić information content (AvgIpc) is 3.28. The second-order valence-electron chi connectivity index (χ2n) is 6.78. The van der Waals surface area contributed by atoms with Gasteiger partial charge in [-0.2, -0.15) is 13.2 Å². The summed E-state index contributed by atoms with van der Waals surface area (Å²) in [5, 5.41) is 5.55. The highest BCUT2D eigenvalue weighted by Gasteiger charge is 2.36. The van der Waals surface area contributed by atoms with Gasteiger partial charge in [-0.15, -0.1) is 11.3 Å². The molecule has 3 heterocycles. The number of alkyl halides is 3. The van der Waals surface area contributed by atoms with E-state index in [1.165, 1.54) is 0 Å². The number of hydrogen-bond donors (Lipinski definition) is 0. The standard InChI is InChI=1S/C17H18F3N3O2S/c18-17(19,20)13-9-26-15(21-13)10-5-7-23(8-6-10)16(24)14-11-3-1-2-4-12(11)25-22-14/h9-10H,1-8H2. The molecule has 1 aliphatic heterocycles. The summed E-state index contributed by atoms with van der Waals surface area (Å²) < 4.78 is 43.4. The van der Waals surface area contributed by atoms with Crippen LogP contribution in [0.3, 0.4) is 0 Å². The maximum atomic E-state index is 12.8. The van der Waals surface area contributed by atoms with Crippen molar-refractivity contribution >= 4 is 17.2 Å². The van der Waals surface area contributed by atoms with E-state index in [9.17, 15) is 18.0 Å². The van der Waals surface area contributed by atoms with Crippen molar-refractivity contribution in [2.75, 3.05) is 13.1 Å². The number of aryl methyl sites for hydroxylation is 1. The van der Waals surface area contributed by atoms with Gasteiger partial charge in [-0.05, 0) is 32.1 Å². The molecular weight excluding hydrogens is 367 g/mol.